The van der Waals surface area contributed by atoms with E-state index in [1.165, 1.54) is 0 Å². The second-order valence-corrected chi connectivity index (χ2v) is 4.62. The fourth-order valence-corrected chi connectivity index (χ4v) is 2.60. The number of nitrogens with zero attached hydrogens (tertiary/aromatic N) is 1. The van der Waals surface area contributed by atoms with Gasteiger partial charge in [-0.15, -0.1) is 0 Å². The van der Waals surface area contributed by atoms with E-state index in [-0.39, 0.29) is 0 Å². The quantitative estimate of drug-likeness (QED) is 0.617. The van der Waals surface area contributed by atoms with Crippen LogP contribution in [0.3, 0.4) is 0 Å². The van der Waals surface area contributed by atoms with Gasteiger partial charge in [-0.1, -0.05) is 0 Å². The van der Waals surface area contributed by atoms with Crippen molar-refractivity contribution in [1.29, 1.82) is 0 Å². The summed E-state index contributed by atoms with van der Waals surface area (Å²) in [6.45, 7) is 3.23. The van der Waals surface area contributed by atoms with Crippen molar-refractivity contribution >= 4 is 5.78 Å². The number of hydrogen-bond acceptors (Lipinski definition) is 3. The molecule has 0 amide bonds. The van der Waals surface area contributed by atoms with Gasteiger partial charge in [0.2, 0.25) is 0 Å². The molecule has 0 radical (unpaired) electrons. The van der Waals surface area contributed by atoms with E-state index in [1.54, 1.807) is 0 Å². The predicted octanol–water partition coefficient (Wildman–Crippen LogP) is 0.649. The topological polar surface area (TPSA) is 32.3 Å². The van der Waals surface area contributed by atoms with Gasteiger partial charge in [-0.25, -0.2) is 0 Å². The van der Waals surface area contributed by atoms with Gasteiger partial charge in [-0.3, -0.25) is 4.79 Å². The summed E-state index contributed by atoms with van der Waals surface area (Å²) in [5, 5.41) is 3.53. The van der Waals surface area contributed by atoms with Crippen LogP contribution in [-0.2, 0) is 4.79 Å². The van der Waals surface area contributed by atoms with Gasteiger partial charge < -0.3 is 10.2 Å². The maximum Gasteiger partial charge on any atom is 0.137 e. The van der Waals surface area contributed by atoms with Gasteiger partial charge in [0, 0.05) is 18.4 Å². The Morgan fingerprint density at radius 1 is 1.36 bits per heavy atom. The Morgan fingerprint density at radius 3 is 3.00 bits per heavy atom. The summed E-state index contributed by atoms with van der Waals surface area (Å²) in [5.74, 6) is 0.790. The largest absolute Gasteiger partial charge is 0.313 e. The lowest BCUT2D eigenvalue weighted by Gasteiger charge is -2.21. The van der Waals surface area contributed by atoms with Crippen molar-refractivity contribution in [2.75, 3.05) is 26.7 Å². The van der Waals surface area contributed by atoms with E-state index in [9.17, 15) is 4.79 Å². The highest BCUT2D eigenvalue weighted by atomic mass is 16.1. The minimum absolute atomic E-state index is 0.294. The zero-order valence-corrected chi connectivity index (χ0v) is 8.96. The SMILES string of the molecule is CN1CCC2NCCCC(=O)C2CC1. The van der Waals surface area contributed by atoms with Crippen molar-refractivity contribution in [3.63, 3.8) is 0 Å². The second-order valence-electron chi connectivity index (χ2n) is 4.62. The third kappa shape index (κ3) is 2.15. The molecule has 0 aromatic rings. The summed E-state index contributed by atoms with van der Waals surface area (Å²) < 4.78 is 0. The molecule has 2 unspecified atom stereocenters. The van der Waals surface area contributed by atoms with Crippen LogP contribution in [0.25, 0.3) is 0 Å². The Bertz CT molecular complexity index is 217. The summed E-state index contributed by atoms with van der Waals surface area (Å²) in [4.78, 5) is 14.2. The minimum Gasteiger partial charge on any atom is -0.313 e. The Morgan fingerprint density at radius 2 is 2.14 bits per heavy atom. The van der Waals surface area contributed by atoms with Gasteiger partial charge in [0.1, 0.15) is 5.78 Å². The fourth-order valence-electron chi connectivity index (χ4n) is 2.60. The van der Waals surface area contributed by atoms with Crippen LogP contribution in [0.2, 0.25) is 0 Å². The van der Waals surface area contributed by atoms with Crippen LogP contribution in [0, 0.1) is 5.92 Å². The monoisotopic (exact) mass is 196 g/mol. The zero-order chi connectivity index (χ0) is 9.97. The van der Waals surface area contributed by atoms with Crippen LogP contribution in [0.5, 0.6) is 0 Å². The predicted molar refractivity (Wildman–Crippen MR) is 56.3 cm³/mol. The summed E-state index contributed by atoms with van der Waals surface area (Å²) in [7, 11) is 2.15. The van der Waals surface area contributed by atoms with Gasteiger partial charge >= 0.3 is 0 Å². The van der Waals surface area contributed by atoms with Crippen LogP contribution in [0.15, 0.2) is 0 Å². The second kappa shape index (κ2) is 4.41. The van der Waals surface area contributed by atoms with Crippen molar-refractivity contribution in [3.05, 3.63) is 0 Å². The van der Waals surface area contributed by atoms with Crippen LogP contribution in [0.4, 0.5) is 0 Å². The standard InChI is InChI=1S/C11H20N2O/c1-13-7-4-9-10(5-8-13)12-6-2-3-11(9)14/h9-10,12H,2-8H2,1H3. The van der Waals surface area contributed by atoms with E-state index in [2.05, 4.69) is 17.3 Å². The molecule has 2 atom stereocenters. The highest BCUT2D eigenvalue weighted by Gasteiger charge is 2.31. The molecule has 2 saturated heterocycles. The number of likely N-dealkylation sites (tertiary alicyclic amines) is 1. The van der Waals surface area contributed by atoms with Crippen molar-refractivity contribution in [2.45, 2.75) is 31.7 Å². The average molecular weight is 196 g/mol. The lowest BCUT2D eigenvalue weighted by Crippen LogP contribution is -2.37. The molecule has 0 aliphatic carbocycles. The van der Waals surface area contributed by atoms with Gasteiger partial charge in [-0.05, 0) is 45.9 Å². The molecule has 0 aromatic carbocycles. The first-order valence-corrected chi connectivity index (χ1v) is 5.72. The summed E-state index contributed by atoms with van der Waals surface area (Å²) in [6, 6.07) is 0.454. The van der Waals surface area contributed by atoms with E-state index in [0.717, 1.165) is 45.3 Å². The molecule has 0 bridgehead atoms. The minimum atomic E-state index is 0.294. The van der Waals surface area contributed by atoms with E-state index in [1.807, 2.05) is 0 Å². The van der Waals surface area contributed by atoms with E-state index < -0.39 is 0 Å². The highest BCUT2D eigenvalue weighted by Crippen LogP contribution is 2.22. The van der Waals surface area contributed by atoms with Gasteiger partial charge in [0.15, 0.2) is 0 Å². The maximum atomic E-state index is 11.8. The first-order valence-electron chi connectivity index (χ1n) is 5.72. The number of Topliss-reactive ketones (excluding diaryl/α,β-unsaturated/α-hetero) is 1. The van der Waals surface area contributed by atoms with Crippen molar-refractivity contribution in [3.8, 4) is 0 Å². The number of ketones is 1. The first-order chi connectivity index (χ1) is 6.77. The molecular formula is C11H20N2O. The van der Waals surface area contributed by atoms with Crippen LogP contribution in [-0.4, -0.2) is 43.4 Å². The molecule has 2 fully saturated rings. The maximum absolute atomic E-state index is 11.8. The third-order valence-corrected chi connectivity index (χ3v) is 3.55. The summed E-state index contributed by atoms with van der Waals surface area (Å²) in [5.41, 5.74) is 0. The third-order valence-electron chi connectivity index (χ3n) is 3.55. The molecular weight excluding hydrogens is 176 g/mol. The Kier molecular flexibility index (Phi) is 3.19. The Balaban J connectivity index is 2.06. The fraction of sp³-hybridized carbons (Fsp3) is 0.909. The summed E-state index contributed by atoms with van der Waals surface area (Å²) >= 11 is 0. The number of carbonyl (C=O) groups excluding carboxylic acids is 1. The lowest BCUT2D eigenvalue weighted by molar-refractivity contribution is -0.123. The van der Waals surface area contributed by atoms with Gasteiger partial charge in [0.05, 0.1) is 0 Å². The molecule has 3 heteroatoms. The molecule has 80 valence electrons. The van der Waals surface area contributed by atoms with Crippen molar-refractivity contribution in [2.24, 2.45) is 5.92 Å². The number of nitrogens with one attached hydrogen (secondary N) is 1. The first kappa shape index (κ1) is 10.1. The molecule has 14 heavy (non-hydrogen) atoms. The van der Waals surface area contributed by atoms with Crippen LogP contribution in [0.1, 0.15) is 25.7 Å². The summed E-state index contributed by atoms with van der Waals surface area (Å²) in [6.07, 6.45) is 4.00. The molecule has 2 rings (SSSR count). The number of fused-ring (bicyclic) bond motifs is 1. The number of rotatable bonds is 0. The molecule has 0 spiro atoms. The van der Waals surface area contributed by atoms with Crippen LogP contribution >= 0.6 is 0 Å². The molecule has 1 N–H and O–H groups in total. The zero-order valence-electron chi connectivity index (χ0n) is 8.96. The van der Waals surface area contributed by atoms with E-state index >= 15 is 0 Å². The van der Waals surface area contributed by atoms with Crippen LogP contribution < -0.4 is 5.32 Å². The average Bonchev–Trinajstić information content (AvgIpc) is 2.44. The Labute approximate surface area is 85.8 Å². The van der Waals surface area contributed by atoms with Gasteiger partial charge in [0.25, 0.3) is 0 Å². The lowest BCUT2D eigenvalue weighted by atomic mass is 9.90. The molecule has 0 aromatic heterocycles. The molecule has 2 aliphatic heterocycles. The normalized spacial score (nSPS) is 35.9. The Hall–Kier alpha value is -0.410. The molecule has 0 saturated carbocycles. The highest BCUT2D eigenvalue weighted by molar-refractivity contribution is 5.82. The molecule has 3 nitrogen and oxygen atoms in total. The number of hydrogen-bond donors (Lipinski definition) is 1. The van der Waals surface area contributed by atoms with Crippen molar-refractivity contribution in [1.82, 2.24) is 10.2 Å². The molecule has 2 heterocycles. The van der Waals surface area contributed by atoms with Crippen molar-refractivity contribution < 1.29 is 4.79 Å². The molecule has 2 aliphatic rings. The number of carbonyl (C=O) groups is 1. The smallest absolute Gasteiger partial charge is 0.137 e. The van der Waals surface area contributed by atoms with E-state index in [4.69, 9.17) is 0 Å². The van der Waals surface area contributed by atoms with Gasteiger partial charge in [-0.2, -0.15) is 0 Å². The van der Waals surface area contributed by atoms with E-state index in [0.29, 0.717) is 17.7 Å².